The number of benzene rings is 2. The molecule has 3 aliphatic rings. The molecule has 24 nitrogen and oxygen atoms in total. The number of ketones is 1. The fraction of sp³-hybridized carbons (Fsp3) is 0.348. The largest absolute Gasteiger partial charge is 0.481 e. The van der Waals surface area contributed by atoms with Crippen molar-refractivity contribution in [2.24, 2.45) is 23.5 Å². The van der Waals surface area contributed by atoms with Crippen molar-refractivity contribution < 1.29 is 58.8 Å². The first-order valence-electron chi connectivity index (χ1n) is 30.8. The molecule has 496 valence electrons. The minimum absolute atomic E-state index is 0.0202. The molecule has 0 spiro atoms. The Hall–Kier alpha value is -8.75. The summed E-state index contributed by atoms with van der Waals surface area (Å²) in [6.45, 7) is 5.94. The van der Waals surface area contributed by atoms with Crippen LogP contribution in [0.4, 0.5) is 0 Å². The number of nitrogens with zero attached hydrogens (tertiary/aromatic N) is 9. The van der Waals surface area contributed by atoms with Gasteiger partial charge >= 0.3 is 11.9 Å². The number of nitrogens with two attached hydrogens (primary N) is 1. The number of amides is 5. The van der Waals surface area contributed by atoms with Crippen LogP contribution in [0.1, 0.15) is 155 Å². The normalized spacial score (nSPS) is 21.3. The smallest absolute Gasteiger partial charge is 0.303 e. The molecule has 0 unspecified atom stereocenters. The van der Waals surface area contributed by atoms with Crippen molar-refractivity contribution in [3.63, 3.8) is 0 Å². The summed E-state index contributed by atoms with van der Waals surface area (Å²) < 4.78 is 0. The van der Waals surface area contributed by atoms with E-state index in [9.17, 15) is 54.0 Å². The topological polar surface area (TPSA) is 364 Å². The zero-order chi connectivity index (χ0) is 67.6. The van der Waals surface area contributed by atoms with E-state index < -0.39 is 95.8 Å². The number of carboxylic acids is 2. The van der Waals surface area contributed by atoms with Crippen LogP contribution in [0, 0.1) is 31.6 Å². The zero-order valence-corrected chi connectivity index (χ0v) is 56.7. The van der Waals surface area contributed by atoms with Gasteiger partial charge in [-0.15, -0.1) is 68.0 Å². The van der Waals surface area contributed by atoms with Crippen molar-refractivity contribution in [2.45, 2.75) is 108 Å². The molecule has 7 aromatic heterocycles. The summed E-state index contributed by atoms with van der Waals surface area (Å²) in [5, 5.41) is 58.9. The number of carboxylic acid groups (broad SMARTS) is 2. The van der Waals surface area contributed by atoms with Crippen LogP contribution in [0.15, 0.2) is 93.6 Å². The molecule has 96 heavy (non-hydrogen) atoms. The van der Waals surface area contributed by atoms with Crippen LogP contribution in [0.3, 0.4) is 0 Å². The van der Waals surface area contributed by atoms with Gasteiger partial charge in [0.25, 0.3) is 17.7 Å². The maximum atomic E-state index is 15.3. The van der Waals surface area contributed by atoms with Gasteiger partial charge in [-0.2, -0.15) is 0 Å². The van der Waals surface area contributed by atoms with Gasteiger partial charge < -0.3 is 46.6 Å². The van der Waals surface area contributed by atoms with Gasteiger partial charge in [0, 0.05) is 94.5 Å². The highest BCUT2D eigenvalue weighted by molar-refractivity contribution is 7.15. The first-order chi connectivity index (χ1) is 46.1. The summed E-state index contributed by atoms with van der Waals surface area (Å²) in [5.74, 6) is -7.28. The third-order valence-corrected chi connectivity index (χ3v) is 22.9. The van der Waals surface area contributed by atoms with Crippen molar-refractivity contribution in [1.29, 1.82) is 0 Å². The van der Waals surface area contributed by atoms with Crippen LogP contribution in [0.2, 0.25) is 0 Å². The average Bonchev–Trinajstić information content (AvgIpc) is 1.61. The number of aliphatic hydroxyl groups excluding tert-OH is 2. The minimum Gasteiger partial charge on any atom is -0.481 e. The molecule has 0 aliphatic carbocycles. The first-order valence-corrected chi connectivity index (χ1v) is 36.0. The lowest BCUT2D eigenvalue weighted by molar-refractivity contribution is -0.138. The summed E-state index contributed by atoms with van der Waals surface area (Å²) in [4.78, 5) is 147. The van der Waals surface area contributed by atoms with Crippen LogP contribution in [0.25, 0.3) is 43.4 Å². The zero-order valence-electron chi connectivity index (χ0n) is 51.8. The second kappa shape index (κ2) is 28.9. The van der Waals surface area contributed by atoms with E-state index in [0.717, 1.165) is 45.1 Å². The molecule has 0 saturated carbocycles. The molecule has 8 N–H and O–H groups in total. The number of aromatic nitrogens is 7. The van der Waals surface area contributed by atoms with E-state index in [4.69, 9.17) is 40.6 Å². The molecule has 3 aliphatic heterocycles. The molecular formula is C66H64N12O12S6. The summed E-state index contributed by atoms with van der Waals surface area (Å²) in [5.41, 5.74) is 10.0. The lowest BCUT2D eigenvalue weighted by Gasteiger charge is -2.37. The van der Waals surface area contributed by atoms with Crippen LogP contribution in [-0.4, -0.2) is 144 Å². The molecule has 30 heteroatoms. The Morgan fingerprint density at radius 1 is 0.646 bits per heavy atom. The van der Waals surface area contributed by atoms with Gasteiger partial charge in [-0.25, -0.2) is 34.9 Å². The second-order valence-corrected chi connectivity index (χ2v) is 29.8. The quantitative estimate of drug-likeness (QED) is 0.0532. The molecule has 12 rings (SSSR count). The van der Waals surface area contributed by atoms with E-state index in [-0.39, 0.29) is 89.9 Å². The number of aliphatic carboxylic acids is 2. The van der Waals surface area contributed by atoms with Crippen molar-refractivity contribution in [2.75, 3.05) is 19.6 Å². The van der Waals surface area contributed by atoms with Crippen molar-refractivity contribution in [1.82, 2.24) is 55.3 Å². The van der Waals surface area contributed by atoms with Gasteiger partial charge in [0.15, 0.2) is 5.78 Å². The van der Waals surface area contributed by atoms with Gasteiger partial charge in [-0.1, -0.05) is 67.1 Å². The molecule has 10 heterocycles. The van der Waals surface area contributed by atoms with Crippen LogP contribution in [0.5, 0.6) is 0 Å². The highest BCUT2D eigenvalue weighted by Crippen LogP contribution is 2.44. The Kier molecular flexibility index (Phi) is 20.2. The third-order valence-electron chi connectivity index (χ3n) is 17.3. The van der Waals surface area contributed by atoms with Crippen LogP contribution in [-0.2, 0) is 25.6 Å². The SMILES string of the molecule is Cc1ccc(C[C@@H]2NC(=O)c3csc(n3)[C@H]([C@H](O)c3ccccc3)CC(=O)c3nc(sc3C)[C@H](CC(N)=O)NC(=O)c3csc(n3)-c3ccc(-c4nc(C(=O)N5C[C@H](CCC(=O)O)C[C@H](CCC(=O)O)C5)cs4)nc3-c3csc(n3)-c3csc(n3)[C@@H]3[C@@H](C)[C@@H](O)CN3C2=O)cc1. The molecule has 9 atom stereocenters. The van der Waals surface area contributed by atoms with Crippen LogP contribution < -0.4 is 16.4 Å². The number of aryl methyl sites for hydroxylation is 2. The number of primary amides is 1. The molecule has 2 aromatic carbocycles. The number of piperidine rings is 1. The third kappa shape index (κ3) is 14.9. The minimum atomic E-state index is -1.30. The van der Waals surface area contributed by atoms with Gasteiger partial charge in [-0.3, -0.25) is 38.4 Å². The fourth-order valence-corrected chi connectivity index (χ4v) is 17.7. The van der Waals surface area contributed by atoms with E-state index >= 15 is 4.79 Å². The Bertz CT molecular complexity index is 4400. The van der Waals surface area contributed by atoms with Crippen molar-refractivity contribution >= 4 is 115 Å². The Morgan fingerprint density at radius 2 is 1.26 bits per heavy atom. The lowest BCUT2D eigenvalue weighted by atomic mass is 9.84. The molecular weight excluding hydrogens is 1350 g/mol. The number of fused-ring (bicyclic) bond motifs is 16. The predicted molar refractivity (Wildman–Crippen MR) is 362 cm³/mol. The highest BCUT2D eigenvalue weighted by Gasteiger charge is 2.46. The van der Waals surface area contributed by atoms with E-state index in [2.05, 4.69) is 10.6 Å². The molecule has 2 saturated heterocycles. The number of carbonyl (C=O) groups excluding carboxylic acids is 6. The number of Topliss-reactive ketones (excluding diaryl/α,β-unsaturated/α-hetero) is 1. The number of rotatable bonds is 14. The number of hydrogen-bond donors (Lipinski definition) is 7. The number of nitrogens with one attached hydrogen (secondary N) is 2. The number of aliphatic hydroxyl groups is 2. The number of hydrogen-bond acceptors (Lipinski definition) is 23. The molecule has 2 fully saturated rings. The van der Waals surface area contributed by atoms with E-state index in [1.165, 1.54) is 44.8 Å². The second-order valence-electron chi connectivity index (χ2n) is 24.2. The first kappa shape index (κ1) is 67.2. The van der Waals surface area contributed by atoms with Crippen molar-refractivity contribution in [3.05, 3.63) is 153 Å². The maximum absolute atomic E-state index is 15.3. The maximum Gasteiger partial charge on any atom is 0.303 e. The molecule has 0 radical (unpaired) electrons. The highest BCUT2D eigenvalue weighted by atomic mass is 32.1. The predicted octanol–water partition coefficient (Wildman–Crippen LogP) is 9.59. The average molecular weight is 1410 g/mol. The fourth-order valence-electron chi connectivity index (χ4n) is 12.4. The lowest BCUT2D eigenvalue weighted by Crippen LogP contribution is -2.50. The van der Waals surface area contributed by atoms with Gasteiger partial charge in [0.1, 0.15) is 70.9 Å². The van der Waals surface area contributed by atoms with E-state index in [1.807, 2.05) is 43.5 Å². The summed E-state index contributed by atoms with van der Waals surface area (Å²) in [7, 11) is 0. The number of likely N-dealkylation sites (tertiary alicyclic amines) is 1. The number of pyridine rings is 1. The van der Waals surface area contributed by atoms with Gasteiger partial charge in [0.2, 0.25) is 11.8 Å². The Labute approximate surface area is 573 Å². The van der Waals surface area contributed by atoms with Gasteiger partial charge in [-0.05, 0) is 68.2 Å². The standard InChI is InChI=1S/C66H64N12O12S6/c1-31-9-11-34(12-10-31)20-42-66(90)78-25-49(80)32(2)55(78)64-74-46(29-95-64)62-71-43(26-93-62)54-38(15-16-40(68-54)61-75-47(30-94-61)65(89)77-23-35(13-17-51(82)83)19-36(24-77)14-18-52(84)85)59-72-44(27-91-59)57(87)69-41(22-50(67)81)63-76-53(33(3)96-63)48(79)21-39(56(86)37-7-5-4-6-8-37)60-73-45(28-92-60)58(88)70-42/h4-12,15-16,26-30,32,35-36,39,41-42,49,55-56,80,86H,13-14,17-25H2,1-3H3,(H2,67,81)(H,69,87)(H,70,88)(H,82,83)(H,84,85)/t32-,35-,36+,39-,41-,42-,49-,55-,56+/m0/s1. The summed E-state index contributed by atoms with van der Waals surface area (Å²) in [6.07, 6.45) is -1.88. The summed E-state index contributed by atoms with van der Waals surface area (Å²) in [6, 6.07) is 16.7. The van der Waals surface area contributed by atoms with Gasteiger partial charge in [0.05, 0.1) is 41.4 Å². The van der Waals surface area contributed by atoms with E-state index in [0.29, 0.717) is 78.1 Å². The Morgan fingerprint density at radius 3 is 1.97 bits per heavy atom. The molecule has 9 aromatic rings. The number of thiazole rings is 6. The monoisotopic (exact) mass is 1410 g/mol. The van der Waals surface area contributed by atoms with Crippen molar-refractivity contribution in [3.8, 4) is 43.4 Å². The Balaban J connectivity index is 0.928. The van der Waals surface area contributed by atoms with E-state index in [1.54, 1.807) is 69.9 Å². The number of carbonyl (C=O) groups is 8. The summed E-state index contributed by atoms with van der Waals surface area (Å²) >= 11 is 7.00. The molecule has 5 amide bonds. The molecule has 10 bridgehead atoms. The van der Waals surface area contributed by atoms with Crippen LogP contribution >= 0.6 is 68.0 Å².